The molecule has 3 heteroatoms. The van der Waals surface area contributed by atoms with E-state index in [0.717, 1.165) is 6.07 Å². The van der Waals surface area contributed by atoms with Crippen LogP contribution in [-0.4, -0.2) is 5.92 Å². The van der Waals surface area contributed by atoms with Crippen molar-refractivity contribution >= 4 is 0 Å². The minimum Gasteiger partial charge on any atom is -0.192 e. The molecule has 0 spiro atoms. The molecular weight excluding hydrogens is 196 g/mol. The Balaban J connectivity index is 0.000000288. The van der Waals surface area contributed by atoms with Crippen LogP contribution >= 0.6 is 0 Å². The molecule has 0 heterocycles. The summed E-state index contributed by atoms with van der Waals surface area (Å²) in [6.45, 7) is 5.90. The summed E-state index contributed by atoms with van der Waals surface area (Å²) in [6.07, 6.45) is 6.50. The molecule has 1 aliphatic carbocycles. The van der Waals surface area contributed by atoms with Crippen LogP contribution in [0.5, 0.6) is 0 Å². The second kappa shape index (κ2) is 6.05. The van der Waals surface area contributed by atoms with Crippen LogP contribution in [0.25, 0.3) is 0 Å². The first kappa shape index (κ1) is 14.3. The van der Waals surface area contributed by atoms with E-state index in [2.05, 4.69) is 13.8 Å². The minimum absolute atomic E-state index is 0.480. The molecule has 0 unspecified atom stereocenters. The molecule has 0 amide bonds. The van der Waals surface area contributed by atoms with Gasteiger partial charge in [0.1, 0.15) is 6.07 Å². The van der Waals surface area contributed by atoms with Gasteiger partial charge >= 0.3 is 5.92 Å². The highest BCUT2D eigenvalue weighted by Gasteiger charge is 2.58. The van der Waals surface area contributed by atoms with E-state index < -0.39 is 11.3 Å². The summed E-state index contributed by atoms with van der Waals surface area (Å²) in [4.78, 5) is 0. The van der Waals surface area contributed by atoms with Gasteiger partial charge in [-0.25, -0.2) is 0 Å². The van der Waals surface area contributed by atoms with Crippen molar-refractivity contribution in [3.63, 3.8) is 0 Å². The SMILES string of the molecule is CC1(C(F)(F)C#N)CC1.CCCCCC. The monoisotopic (exact) mass is 217 g/mol. The Morgan fingerprint density at radius 3 is 1.73 bits per heavy atom. The summed E-state index contributed by atoms with van der Waals surface area (Å²) in [6, 6.07) is 1.01. The second-order valence-electron chi connectivity index (χ2n) is 4.45. The number of unbranched alkanes of at least 4 members (excludes halogenated alkanes) is 3. The zero-order valence-corrected chi connectivity index (χ0v) is 9.95. The second-order valence-corrected chi connectivity index (χ2v) is 4.45. The van der Waals surface area contributed by atoms with Gasteiger partial charge in [0.2, 0.25) is 0 Å². The molecule has 0 saturated heterocycles. The van der Waals surface area contributed by atoms with Gasteiger partial charge in [-0.1, -0.05) is 46.5 Å². The fourth-order valence-corrected chi connectivity index (χ4v) is 1.14. The first-order valence-corrected chi connectivity index (χ1v) is 5.72. The molecule has 0 aromatic rings. The maximum absolute atomic E-state index is 12.4. The van der Waals surface area contributed by atoms with Crippen molar-refractivity contribution in [3.8, 4) is 6.07 Å². The predicted octanol–water partition coefficient (Wildman–Crippen LogP) is 4.53. The molecule has 15 heavy (non-hydrogen) atoms. The summed E-state index contributed by atoms with van der Waals surface area (Å²) in [5.74, 6) is -3.10. The smallest absolute Gasteiger partial charge is 0.192 e. The van der Waals surface area contributed by atoms with Crippen LogP contribution in [0.15, 0.2) is 0 Å². The number of rotatable bonds is 4. The normalized spacial score (nSPS) is 17.3. The standard InChI is InChI=1S/C6H7F2N.C6H14/c1-5(2-3-5)6(7,8)4-9;1-3-5-6-4-2/h2-3H2,1H3;3-6H2,1-2H3. The lowest BCUT2D eigenvalue weighted by molar-refractivity contribution is -0.00737. The Bertz CT molecular complexity index is 210. The van der Waals surface area contributed by atoms with Crippen molar-refractivity contribution in [1.82, 2.24) is 0 Å². The van der Waals surface area contributed by atoms with Crippen LogP contribution in [0.2, 0.25) is 0 Å². The molecule has 0 N–H and O–H groups in total. The molecule has 0 aromatic heterocycles. The minimum atomic E-state index is -3.10. The van der Waals surface area contributed by atoms with Crippen LogP contribution in [0, 0.1) is 16.7 Å². The lowest BCUT2D eigenvalue weighted by Gasteiger charge is -2.13. The topological polar surface area (TPSA) is 23.8 Å². The van der Waals surface area contributed by atoms with Crippen LogP contribution in [-0.2, 0) is 0 Å². The molecule has 1 saturated carbocycles. The van der Waals surface area contributed by atoms with Crippen molar-refractivity contribution in [2.75, 3.05) is 0 Å². The molecule has 1 rings (SSSR count). The van der Waals surface area contributed by atoms with Gasteiger partial charge in [-0.3, -0.25) is 0 Å². The van der Waals surface area contributed by atoms with E-state index in [1.807, 2.05) is 0 Å². The van der Waals surface area contributed by atoms with E-state index in [4.69, 9.17) is 5.26 Å². The van der Waals surface area contributed by atoms with Crippen LogP contribution < -0.4 is 0 Å². The highest BCUT2D eigenvalue weighted by atomic mass is 19.3. The third-order valence-corrected chi connectivity index (χ3v) is 2.86. The van der Waals surface area contributed by atoms with Gasteiger partial charge in [0.15, 0.2) is 0 Å². The van der Waals surface area contributed by atoms with E-state index in [9.17, 15) is 8.78 Å². The maximum Gasteiger partial charge on any atom is 0.337 e. The molecule has 0 aromatic carbocycles. The van der Waals surface area contributed by atoms with Gasteiger partial charge in [0.25, 0.3) is 0 Å². The Hall–Kier alpha value is -0.650. The van der Waals surface area contributed by atoms with Crippen LogP contribution in [0.3, 0.4) is 0 Å². The van der Waals surface area contributed by atoms with Gasteiger partial charge in [0, 0.05) is 5.41 Å². The fraction of sp³-hybridized carbons (Fsp3) is 0.917. The zero-order chi connectivity index (χ0) is 11.9. The molecule has 1 fully saturated rings. The molecular formula is C12H21F2N. The number of hydrogen-bond acceptors (Lipinski definition) is 1. The Labute approximate surface area is 91.5 Å². The van der Waals surface area contributed by atoms with Crippen molar-refractivity contribution < 1.29 is 8.78 Å². The maximum atomic E-state index is 12.4. The van der Waals surface area contributed by atoms with Crippen molar-refractivity contribution in [2.24, 2.45) is 5.41 Å². The number of hydrogen-bond donors (Lipinski definition) is 0. The predicted molar refractivity (Wildman–Crippen MR) is 57.7 cm³/mol. The highest BCUT2D eigenvalue weighted by Crippen LogP contribution is 2.55. The largest absolute Gasteiger partial charge is 0.337 e. The number of nitriles is 1. The van der Waals surface area contributed by atoms with Crippen LogP contribution in [0.1, 0.15) is 59.3 Å². The third-order valence-electron chi connectivity index (χ3n) is 2.86. The summed E-state index contributed by atoms with van der Waals surface area (Å²) in [7, 11) is 0. The average Bonchev–Trinajstić information content (AvgIpc) is 2.96. The molecule has 88 valence electrons. The van der Waals surface area contributed by atoms with E-state index in [1.165, 1.54) is 32.6 Å². The van der Waals surface area contributed by atoms with Gasteiger partial charge in [-0.15, -0.1) is 0 Å². The summed E-state index contributed by atoms with van der Waals surface area (Å²) in [5.41, 5.74) is -0.998. The molecule has 1 nitrogen and oxygen atoms in total. The first-order valence-electron chi connectivity index (χ1n) is 5.72. The van der Waals surface area contributed by atoms with Crippen molar-refractivity contribution in [1.29, 1.82) is 5.26 Å². The fourth-order valence-electron chi connectivity index (χ4n) is 1.14. The molecule has 0 bridgehead atoms. The third kappa shape index (κ3) is 4.59. The van der Waals surface area contributed by atoms with Gasteiger partial charge < -0.3 is 0 Å². The Morgan fingerprint density at radius 2 is 1.60 bits per heavy atom. The van der Waals surface area contributed by atoms with Crippen molar-refractivity contribution in [2.45, 2.75) is 65.2 Å². The average molecular weight is 217 g/mol. The van der Waals surface area contributed by atoms with Crippen molar-refractivity contribution in [3.05, 3.63) is 0 Å². The van der Waals surface area contributed by atoms with Gasteiger partial charge in [0.05, 0.1) is 0 Å². The zero-order valence-electron chi connectivity index (χ0n) is 9.95. The molecule has 0 aliphatic heterocycles. The molecule has 0 radical (unpaired) electrons. The first-order chi connectivity index (χ1) is 6.93. The molecule has 1 aliphatic rings. The quantitative estimate of drug-likeness (QED) is 0.634. The van der Waals surface area contributed by atoms with Gasteiger partial charge in [-0.05, 0) is 12.8 Å². The Morgan fingerprint density at radius 1 is 1.20 bits per heavy atom. The van der Waals surface area contributed by atoms with E-state index in [-0.39, 0.29) is 0 Å². The number of alkyl halides is 2. The lowest BCUT2D eigenvalue weighted by atomic mass is 10.0. The van der Waals surface area contributed by atoms with E-state index >= 15 is 0 Å². The number of halogens is 2. The summed E-state index contributed by atoms with van der Waals surface area (Å²) in [5, 5.41) is 7.97. The lowest BCUT2D eigenvalue weighted by Crippen LogP contribution is -2.24. The van der Waals surface area contributed by atoms with Gasteiger partial charge in [-0.2, -0.15) is 14.0 Å². The van der Waals surface area contributed by atoms with E-state index in [1.54, 1.807) is 0 Å². The Kier molecular flexibility index (Phi) is 5.79. The molecule has 0 atom stereocenters. The van der Waals surface area contributed by atoms with Crippen LogP contribution in [0.4, 0.5) is 8.78 Å². The highest BCUT2D eigenvalue weighted by molar-refractivity contribution is 5.10. The van der Waals surface area contributed by atoms with E-state index in [0.29, 0.717) is 12.8 Å². The summed E-state index contributed by atoms with van der Waals surface area (Å²) < 4.78 is 24.7. The summed E-state index contributed by atoms with van der Waals surface area (Å²) >= 11 is 0. The number of nitrogens with zero attached hydrogens (tertiary/aromatic N) is 1.